The second-order valence-electron chi connectivity index (χ2n) is 20.4. The summed E-state index contributed by atoms with van der Waals surface area (Å²) in [5, 5.41) is 3.62. The first-order valence-electron chi connectivity index (χ1n) is 25.3. The Bertz CT molecular complexity index is 4940. The van der Waals surface area contributed by atoms with E-state index in [0.29, 0.717) is 32.3 Å². The van der Waals surface area contributed by atoms with Crippen LogP contribution in [-0.2, 0) is 0 Å². The predicted molar refractivity (Wildman–Crippen MR) is 289 cm³/mol. The highest BCUT2D eigenvalue weighted by Crippen LogP contribution is 2.48. The van der Waals surface area contributed by atoms with Gasteiger partial charge in [-0.05, 0) is 62.6 Å². The standard InChI is InChI=1S/C63H23F15N6.ClH/c64-43-40(44(65)50(71)55(76)49(43)70)37-31-13-25-19-7-1-2-8-20(19)26-14-32(80-59(26)58(25)79-31)38(41-45(66)51(72)56(77)52(73)46(41)67)34-16-28-23-11-5-6-12-24(23)30-18-36(84-63(30)62(28)82-34)39(42-47(68)53(74)57(78)54(75)48(42)69)35-17-29-22-10-4-3-9-21(22)27-15-33(37)81-60(27)61(29)83-35;/h1-18,79-83H;1H. The molecule has 16 rings (SSSR count). The molecule has 9 aromatic carbocycles. The van der Waals surface area contributed by atoms with E-state index >= 15 is 52.7 Å². The van der Waals surface area contributed by atoms with Gasteiger partial charge in [0, 0.05) is 66.2 Å². The van der Waals surface area contributed by atoms with Crippen LogP contribution in [0.3, 0.4) is 0 Å². The number of aromatic amines is 6. The zero-order valence-corrected chi connectivity index (χ0v) is 42.7. The summed E-state index contributed by atoms with van der Waals surface area (Å²) in [6, 6.07) is 27.6. The van der Waals surface area contributed by atoms with E-state index < -0.39 is 121 Å². The largest absolute Gasteiger partial charge is 1.00 e. The van der Waals surface area contributed by atoms with E-state index in [9.17, 15) is 13.2 Å². The fourth-order valence-corrected chi connectivity index (χ4v) is 12.6. The second-order valence-corrected chi connectivity index (χ2v) is 20.4. The van der Waals surface area contributed by atoms with Crippen molar-refractivity contribution in [2.45, 2.75) is 0 Å². The fraction of sp³-hybridized carbons (Fsp3) is 0. The van der Waals surface area contributed by atoms with E-state index in [-0.39, 0.29) is 111 Å². The van der Waals surface area contributed by atoms with Gasteiger partial charge in [0.25, 0.3) is 0 Å². The van der Waals surface area contributed by atoms with Crippen molar-refractivity contribution in [1.29, 1.82) is 0 Å². The monoisotopic (exact) mass is 1180 g/mol. The van der Waals surface area contributed by atoms with Crippen molar-refractivity contribution in [2.24, 2.45) is 0 Å². The SMILES string of the molecule is Fc1c(F)c(F)c(-c2c3cc4c5ccccc5c5cc([nH]c5c4[nH]3)c(-c3c(F)c(F)c(F)c(F)c3F)c3cc4c5ccccc5c5cc([nH+]c5c4[nH]3)c(-c3c(F)c(F)c(F)c(F)c3F)c3cc4c5ccccc5c5cc2[nH]c5c4[nH]3)c(F)c1F.[Cl-]. The molecule has 7 aromatic heterocycles. The molecule has 0 amide bonds. The average molecular weight is 1190 g/mol. The van der Waals surface area contributed by atoms with Gasteiger partial charge in [-0.1, -0.05) is 72.8 Å². The summed E-state index contributed by atoms with van der Waals surface area (Å²) in [5.74, 6) is -35.0. The first-order valence-corrected chi connectivity index (χ1v) is 25.3. The first-order chi connectivity index (χ1) is 40.4. The van der Waals surface area contributed by atoms with E-state index in [1.54, 1.807) is 72.8 Å². The highest BCUT2D eigenvalue weighted by atomic mass is 35.5. The molecule has 22 heteroatoms. The van der Waals surface area contributed by atoms with Gasteiger partial charge >= 0.3 is 0 Å². The second kappa shape index (κ2) is 17.7. The maximum atomic E-state index is 16.7. The number of hydrogen-bond acceptors (Lipinski definition) is 0. The van der Waals surface area contributed by atoms with Crippen LogP contribution in [0.5, 0.6) is 0 Å². The number of benzene rings is 9. The Balaban J connectivity index is 0.00000613. The van der Waals surface area contributed by atoms with Gasteiger partial charge in [0.1, 0.15) is 5.52 Å². The zero-order chi connectivity index (χ0) is 58.0. The molecule has 418 valence electrons. The summed E-state index contributed by atoms with van der Waals surface area (Å²) in [5.41, 5.74) is -7.92. The quantitative estimate of drug-likeness (QED) is 0.0663. The van der Waals surface area contributed by atoms with Crippen LogP contribution in [0.15, 0.2) is 109 Å². The van der Waals surface area contributed by atoms with E-state index in [1.807, 2.05) is 0 Å². The van der Waals surface area contributed by atoms with Crippen molar-refractivity contribution in [3.63, 3.8) is 0 Å². The lowest BCUT2D eigenvalue weighted by molar-refractivity contribution is -0.306. The Morgan fingerprint density at radius 1 is 0.224 bits per heavy atom. The van der Waals surface area contributed by atoms with Gasteiger partial charge in [-0.25, -0.2) is 70.8 Å². The Morgan fingerprint density at radius 2 is 0.447 bits per heavy atom. The third-order valence-electron chi connectivity index (χ3n) is 16.2. The molecule has 0 aliphatic rings. The molecular weight excluding hydrogens is 1160 g/mol. The third-order valence-corrected chi connectivity index (χ3v) is 16.2. The molecule has 6 nitrogen and oxygen atoms in total. The summed E-state index contributed by atoms with van der Waals surface area (Å²) in [4.78, 5) is 18.5. The summed E-state index contributed by atoms with van der Waals surface area (Å²) in [7, 11) is 0. The number of fused-ring (bicyclic) bond motifs is 15. The van der Waals surface area contributed by atoms with Crippen molar-refractivity contribution in [1.82, 2.24) is 24.9 Å². The van der Waals surface area contributed by atoms with Crippen LogP contribution in [0.4, 0.5) is 65.9 Å². The van der Waals surface area contributed by atoms with E-state index in [2.05, 4.69) is 29.9 Å². The number of aromatic nitrogens is 6. The molecule has 16 aromatic rings. The number of H-pyrrole nitrogens is 6. The minimum absolute atomic E-state index is 0. The Hall–Kier alpha value is -10.2. The maximum Gasteiger partial charge on any atom is 0.236 e. The Labute approximate surface area is 467 Å². The molecule has 0 fully saturated rings. The number of rotatable bonds is 3. The minimum Gasteiger partial charge on any atom is -1.00 e. The van der Waals surface area contributed by atoms with Crippen LogP contribution in [0, 0.1) is 87.3 Å². The van der Waals surface area contributed by atoms with E-state index in [4.69, 9.17) is 0 Å². The van der Waals surface area contributed by atoms with Crippen LogP contribution in [-0.4, -0.2) is 24.9 Å². The van der Waals surface area contributed by atoms with Gasteiger partial charge in [0.2, 0.25) is 28.5 Å². The normalized spacial score (nSPS) is 12.3. The first kappa shape index (κ1) is 51.7. The van der Waals surface area contributed by atoms with Crippen molar-refractivity contribution in [3.8, 4) is 33.4 Å². The Morgan fingerprint density at radius 3 is 0.741 bits per heavy atom. The molecule has 0 aliphatic carbocycles. The van der Waals surface area contributed by atoms with Crippen molar-refractivity contribution < 1.29 is 83.2 Å². The van der Waals surface area contributed by atoms with Crippen LogP contribution >= 0.6 is 0 Å². The lowest BCUT2D eigenvalue weighted by Gasteiger charge is -2.09. The lowest BCUT2D eigenvalue weighted by Crippen LogP contribution is -3.00. The molecule has 85 heavy (non-hydrogen) atoms. The van der Waals surface area contributed by atoms with Gasteiger partial charge in [-0.3, -0.25) is 0 Å². The molecule has 0 saturated carbocycles. The fourth-order valence-electron chi connectivity index (χ4n) is 12.6. The van der Waals surface area contributed by atoms with Gasteiger partial charge in [-0.2, -0.15) is 0 Å². The molecule has 7 heterocycles. The summed E-state index contributed by atoms with van der Waals surface area (Å²) in [6.07, 6.45) is 0. The van der Waals surface area contributed by atoms with Gasteiger partial charge in [0.15, 0.2) is 69.8 Å². The lowest BCUT2D eigenvalue weighted by atomic mass is 10.00. The van der Waals surface area contributed by atoms with Crippen LogP contribution < -0.4 is 17.4 Å². The number of hydrogen-bond donors (Lipinski definition) is 5. The molecule has 0 spiro atoms. The molecule has 6 N–H and O–H groups in total. The van der Waals surface area contributed by atoms with Crippen molar-refractivity contribution in [3.05, 3.63) is 196 Å². The third kappa shape index (κ3) is 6.68. The van der Waals surface area contributed by atoms with E-state index in [1.165, 1.54) is 36.4 Å². The summed E-state index contributed by atoms with van der Waals surface area (Å²) >= 11 is 0. The molecule has 0 atom stereocenters. The molecular formula is C63H24ClF15N6. The molecule has 0 aliphatic heterocycles. The molecule has 0 saturated heterocycles. The van der Waals surface area contributed by atoms with Gasteiger partial charge in [0.05, 0.1) is 55.2 Å². The maximum absolute atomic E-state index is 16.7. The average Bonchev–Trinajstić information content (AvgIpc) is 1.90. The Kier molecular flexibility index (Phi) is 10.8. The molecule has 0 radical (unpaired) electrons. The minimum atomic E-state index is -2.48. The van der Waals surface area contributed by atoms with Crippen LogP contribution in [0.2, 0.25) is 0 Å². The molecule has 12 bridgehead atoms. The van der Waals surface area contributed by atoms with Gasteiger partial charge in [-0.15, -0.1) is 0 Å². The summed E-state index contributed by atoms with van der Waals surface area (Å²) in [6.45, 7) is 0. The highest BCUT2D eigenvalue weighted by molar-refractivity contribution is 6.30. The number of halogens is 16. The van der Waals surface area contributed by atoms with E-state index in [0.717, 1.165) is 0 Å². The topological polar surface area (TPSA) is 93.1 Å². The van der Waals surface area contributed by atoms with Crippen molar-refractivity contribution in [2.75, 3.05) is 0 Å². The zero-order valence-electron chi connectivity index (χ0n) is 41.9. The van der Waals surface area contributed by atoms with Crippen LogP contribution in [0.1, 0.15) is 0 Å². The van der Waals surface area contributed by atoms with Gasteiger partial charge < -0.3 is 37.3 Å². The molecule has 0 unspecified atom stereocenters. The van der Waals surface area contributed by atoms with Crippen molar-refractivity contribution >= 4 is 131 Å². The number of nitrogens with one attached hydrogen (secondary N) is 6. The van der Waals surface area contributed by atoms with Crippen LogP contribution in [0.25, 0.3) is 164 Å². The highest BCUT2D eigenvalue weighted by Gasteiger charge is 2.35. The smallest absolute Gasteiger partial charge is 0.236 e. The summed E-state index contributed by atoms with van der Waals surface area (Å²) < 4.78 is 239. The predicted octanol–water partition coefficient (Wildman–Crippen LogP) is 15.6.